The molecule has 1 unspecified atom stereocenters. The van der Waals surface area contributed by atoms with Crippen LogP contribution >= 0.6 is 0 Å². The summed E-state index contributed by atoms with van der Waals surface area (Å²) in [5, 5.41) is 2.55. The Hall–Kier alpha value is -2.50. The third-order valence-electron chi connectivity index (χ3n) is 4.26. The fourth-order valence-electron chi connectivity index (χ4n) is 3.28. The van der Waals surface area contributed by atoms with E-state index in [-0.39, 0.29) is 23.0 Å². The predicted octanol–water partition coefficient (Wildman–Crippen LogP) is -1.13. The van der Waals surface area contributed by atoms with E-state index in [0.29, 0.717) is 0 Å². The highest BCUT2D eigenvalue weighted by Crippen LogP contribution is 2.43. The molecule has 0 radical (unpaired) electrons. The Kier molecular flexibility index (Phi) is 3.36. The summed E-state index contributed by atoms with van der Waals surface area (Å²) in [6, 6.07) is 0. The Labute approximate surface area is 141 Å². The molecule has 1 amide bonds. The molecule has 2 aliphatic heterocycles. The van der Waals surface area contributed by atoms with Gasteiger partial charge in [0.2, 0.25) is 5.95 Å². The van der Waals surface area contributed by atoms with Crippen LogP contribution in [-0.2, 0) is 19.0 Å². The summed E-state index contributed by atoms with van der Waals surface area (Å²) in [7, 11) is 1.52. The number of rotatable bonds is 2. The third kappa shape index (κ3) is 2.39. The minimum Gasteiger partial charge on any atom is -0.369 e. The van der Waals surface area contributed by atoms with Crippen LogP contribution in [0.4, 0.5) is 5.95 Å². The van der Waals surface area contributed by atoms with Crippen molar-refractivity contribution in [2.24, 2.45) is 0 Å². The van der Waals surface area contributed by atoms with Crippen LogP contribution in [0.3, 0.4) is 0 Å². The zero-order chi connectivity index (χ0) is 17.9. The molecule has 4 N–H and O–H groups in total. The number of ether oxygens (including phenoxy) is 3. The number of hydrogen-bond donors (Lipinski definition) is 3. The van der Waals surface area contributed by atoms with Gasteiger partial charge < -0.3 is 25.3 Å². The number of aromatic amines is 1. The molecule has 0 saturated carbocycles. The first-order valence-corrected chi connectivity index (χ1v) is 7.76. The van der Waals surface area contributed by atoms with E-state index in [0.717, 1.165) is 0 Å². The molecule has 2 aromatic heterocycles. The fourth-order valence-corrected chi connectivity index (χ4v) is 3.28. The highest BCUT2D eigenvalue weighted by atomic mass is 16.8. The van der Waals surface area contributed by atoms with Gasteiger partial charge in [-0.15, -0.1) is 0 Å². The summed E-state index contributed by atoms with van der Waals surface area (Å²) in [6.45, 7) is 3.52. The lowest BCUT2D eigenvalue weighted by Gasteiger charge is -2.24. The van der Waals surface area contributed by atoms with Crippen LogP contribution in [0.1, 0.15) is 20.1 Å². The lowest BCUT2D eigenvalue weighted by Crippen LogP contribution is -2.41. The molecule has 11 nitrogen and oxygen atoms in total. The SMILES string of the molecule is CNC(=O)[C@H]1O[C@@H](n2cnc3c(=O)[nH]c(N)nc32)[C@H]2OC(C)(C)OC12. The average Bonchev–Trinajstić information content (AvgIpc) is 3.17. The van der Waals surface area contributed by atoms with Crippen LogP contribution in [0.2, 0.25) is 0 Å². The highest BCUT2D eigenvalue weighted by molar-refractivity contribution is 5.81. The molecular formula is C14H18N6O5. The Morgan fingerprint density at radius 1 is 1.40 bits per heavy atom. The molecular weight excluding hydrogens is 332 g/mol. The van der Waals surface area contributed by atoms with Crippen molar-refractivity contribution in [2.75, 3.05) is 12.8 Å². The third-order valence-corrected chi connectivity index (χ3v) is 4.26. The summed E-state index contributed by atoms with van der Waals surface area (Å²) < 4.78 is 19.2. The number of fused-ring (bicyclic) bond motifs is 2. The number of nitrogens with one attached hydrogen (secondary N) is 2. The van der Waals surface area contributed by atoms with Gasteiger partial charge in [0.25, 0.3) is 11.5 Å². The summed E-state index contributed by atoms with van der Waals surface area (Å²) in [5.74, 6) is -1.24. The second-order valence-electron chi connectivity index (χ2n) is 6.40. The number of carbonyl (C=O) groups excluding carboxylic acids is 1. The molecule has 25 heavy (non-hydrogen) atoms. The summed E-state index contributed by atoms with van der Waals surface area (Å²) in [6.07, 6.45) is -1.37. The molecule has 4 heterocycles. The standard InChI is InChI=1S/C14H18N6O5/c1-14(2)24-6-7(11(22)16-3)23-12(8(6)25-14)20-4-17-5-9(20)18-13(15)19-10(5)21/h4,6-8,12H,1-3H3,(H,16,22)(H3,15,18,19,21)/t6?,7-,8-,12+/m0/s1. The van der Waals surface area contributed by atoms with Crippen molar-refractivity contribution in [3.05, 3.63) is 16.7 Å². The molecule has 0 aliphatic carbocycles. The monoisotopic (exact) mass is 350 g/mol. The molecule has 4 atom stereocenters. The number of nitrogens with two attached hydrogens (primary N) is 1. The van der Waals surface area contributed by atoms with Gasteiger partial charge in [0.15, 0.2) is 29.3 Å². The Balaban J connectivity index is 1.80. The van der Waals surface area contributed by atoms with Crippen LogP contribution in [0.5, 0.6) is 0 Å². The van der Waals surface area contributed by atoms with Crippen molar-refractivity contribution >= 4 is 23.0 Å². The van der Waals surface area contributed by atoms with Crippen molar-refractivity contribution in [1.29, 1.82) is 0 Å². The molecule has 134 valence electrons. The summed E-state index contributed by atoms with van der Waals surface area (Å²) >= 11 is 0. The maximum absolute atomic E-state index is 12.2. The van der Waals surface area contributed by atoms with Crippen LogP contribution in [-0.4, -0.2) is 56.6 Å². The molecule has 11 heteroatoms. The van der Waals surface area contributed by atoms with Crippen LogP contribution in [0.15, 0.2) is 11.1 Å². The first-order chi connectivity index (χ1) is 11.8. The Morgan fingerprint density at radius 3 is 2.84 bits per heavy atom. The maximum atomic E-state index is 12.2. The number of aromatic nitrogens is 4. The minimum absolute atomic E-state index is 0.0411. The van der Waals surface area contributed by atoms with Crippen molar-refractivity contribution in [3.63, 3.8) is 0 Å². The smallest absolute Gasteiger partial charge is 0.280 e. The lowest BCUT2D eigenvalue weighted by molar-refractivity contribution is -0.197. The van der Waals surface area contributed by atoms with Gasteiger partial charge >= 0.3 is 0 Å². The average molecular weight is 350 g/mol. The second-order valence-corrected chi connectivity index (χ2v) is 6.40. The number of nitrogens with zero attached hydrogens (tertiary/aromatic N) is 3. The summed E-state index contributed by atoms with van der Waals surface area (Å²) in [4.78, 5) is 34.7. The predicted molar refractivity (Wildman–Crippen MR) is 84.4 cm³/mol. The number of hydrogen-bond acceptors (Lipinski definition) is 8. The molecule has 4 rings (SSSR count). The van der Waals surface area contributed by atoms with E-state index in [1.54, 1.807) is 13.8 Å². The molecule has 2 fully saturated rings. The van der Waals surface area contributed by atoms with Gasteiger partial charge in [-0.1, -0.05) is 0 Å². The zero-order valence-electron chi connectivity index (χ0n) is 13.8. The fraction of sp³-hybridized carbons (Fsp3) is 0.571. The number of carbonyl (C=O) groups is 1. The van der Waals surface area contributed by atoms with E-state index < -0.39 is 35.9 Å². The van der Waals surface area contributed by atoms with E-state index in [9.17, 15) is 9.59 Å². The largest absolute Gasteiger partial charge is 0.369 e. The maximum Gasteiger partial charge on any atom is 0.280 e. The first-order valence-electron chi connectivity index (χ1n) is 7.76. The molecule has 2 aliphatic rings. The van der Waals surface area contributed by atoms with Crippen molar-refractivity contribution in [2.45, 2.75) is 44.2 Å². The van der Waals surface area contributed by atoms with E-state index in [1.165, 1.54) is 17.9 Å². The summed E-state index contributed by atoms with van der Waals surface area (Å²) in [5.41, 5.74) is 5.54. The van der Waals surface area contributed by atoms with Gasteiger partial charge in [0, 0.05) is 7.05 Å². The normalized spacial score (nSPS) is 30.5. The van der Waals surface area contributed by atoms with Gasteiger partial charge in [0.1, 0.15) is 12.2 Å². The quantitative estimate of drug-likeness (QED) is 0.616. The van der Waals surface area contributed by atoms with Crippen molar-refractivity contribution < 1.29 is 19.0 Å². The topological polar surface area (TPSA) is 146 Å². The van der Waals surface area contributed by atoms with Crippen LogP contribution in [0.25, 0.3) is 11.2 Å². The van der Waals surface area contributed by atoms with Gasteiger partial charge in [-0.25, -0.2) is 4.98 Å². The molecule has 0 aromatic carbocycles. The number of anilines is 1. The highest BCUT2D eigenvalue weighted by Gasteiger charge is 2.58. The van der Waals surface area contributed by atoms with Crippen LogP contribution < -0.4 is 16.6 Å². The van der Waals surface area contributed by atoms with E-state index in [4.69, 9.17) is 19.9 Å². The lowest BCUT2D eigenvalue weighted by atomic mass is 10.1. The van der Waals surface area contributed by atoms with E-state index >= 15 is 0 Å². The number of amides is 1. The van der Waals surface area contributed by atoms with Gasteiger partial charge in [-0.3, -0.25) is 19.1 Å². The molecule has 2 saturated heterocycles. The number of H-pyrrole nitrogens is 1. The van der Waals surface area contributed by atoms with E-state index in [1.807, 2.05) is 0 Å². The van der Waals surface area contributed by atoms with Gasteiger partial charge in [0.05, 0.1) is 6.33 Å². The number of likely N-dealkylation sites (N-methyl/N-ethyl adjacent to an activating group) is 1. The van der Waals surface area contributed by atoms with Gasteiger partial charge in [-0.2, -0.15) is 4.98 Å². The van der Waals surface area contributed by atoms with Crippen LogP contribution in [0, 0.1) is 0 Å². The molecule has 0 bridgehead atoms. The number of imidazole rings is 1. The molecule has 0 spiro atoms. The van der Waals surface area contributed by atoms with Crippen molar-refractivity contribution in [3.8, 4) is 0 Å². The Bertz CT molecular complexity index is 905. The van der Waals surface area contributed by atoms with Crippen molar-refractivity contribution in [1.82, 2.24) is 24.8 Å². The minimum atomic E-state index is -0.871. The zero-order valence-corrected chi connectivity index (χ0v) is 13.8. The second kappa shape index (κ2) is 5.25. The van der Waals surface area contributed by atoms with Gasteiger partial charge in [-0.05, 0) is 13.8 Å². The first kappa shape index (κ1) is 16.0. The van der Waals surface area contributed by atoms with E-state index in [2.05, 4.69) is 20.3 Å². The molecule has 2 aromatic rings. The Morgan fingerprint density at radius 2 is 2.12 bits per heavy atom. The number of nitrogen functional groups attached to an aromatic ring is 1.